The van der Waals surface area contributed by atoms with Crippen molar-refractivity contribution in [2.24, 2.45) is 0 Å². The van der Waals surface area contributed by atoms with Crippen molar-refractivity contribution in [2.75, 3.05) is 6.61 Å². The predicted molar refractivity (Wildman–Crippen MR) is 73.9 cm³/mol. The van der Waals surface area contributed by atoms with Gasteiger partial charge in [0.15, 0.2) is 0 Å². The van der Waals surface area contributed by atoms with Crippen molar-refractivity contribution in [1.29, 1.82) is 0 Å². The number of ether oxygens (including phenoxy) is 1. The molecule has 6 heteroatoms. The third-order valence-corrected chi connectivity index (χ3v) is 3.02. The van der Waals surface area contributed by atoms with Gasteiger partial charge in [-0.15, -0.1) is 0 Å². The summed E-state index contributed by atoms with van der Waals surface area (Å²) in [5, 5.41) is 6.61. The maximum atomic E-state index is 13.9. The second-order valence-electron chi connectivity index (χ2n) is 4.49. The van der Waals surface area contributed by atoms with Crippen molar-refractivity contribution in [2.45, 2.75) is 26.7 Å². The largest absolute Gasteiger partial charge is 0.462 e. The van der Waals surface area contributed by atoms with Gasteiger partial charge in [-0.05, 0) is 25.5 Å². The number of hydrogen-bond acceptors (Lipinski definition) is 3. The number of carbonyl (C=O) groups is 1. The highest BCUT2D eigenvalue weighted by atomic mass is 19.1. The van der Waals surface area contributed by atoms with E-state index >= 15 is 0 Å². The Balaban J connectivity index is 2.61. The fraction of sp³-hybridized carbons (Fsp3) is 0.333. The van der Waals surface area contributed by atoms with Gasteiger partial charge >= 0.3 is 5.97 Å². The van der Waals surface area contributed by atoms with Crippen LogP contribution in [0.1, 0.15) is 36.3 Å². The number of nitrogens with zero attached hydrogens (tertiary/aromatic N) is 1. The second kappa shape index (κ2) is 6.47. The molecule has 1 N–H and O–H groups in total. The molecule has 2 aromatic rings. The first-order valence-electron chi connectivity index (χ1n) is 6.78. The molecule has 0 fully saturated rings. The number of rotatable bonds is 5. The smallest absolute Gasteiger partial charge is 0.342 e. The fourth-order valence-electron chi connectivity index (χ4n) is 2.14. The molecule has 0 saturated heterocycles. The number of benzene rings is 1. The highest BCUT2D eigenvalue weighted by Crippen LogP contribution is 2.29. The number of aryl methyl sites for hydroxylation is 1. The highest BCUT2D eigenvalue weighted by molar-refractivity contribution is 5.97. The predicted octanol–water partition coefficient (Wildman–Crippen LogP) is 3.48. The lowest BCUT2D eigenvalue weighted by Gasteiger charge is -2.06. The second-order valence-corrected chi connectivity index (χ2v) is 4.49. The summed E-state index contributed by atoms with van der Waals surface area (Å²) in [5.41, 5.74) is 0.253. The zero-order valence-electron chi connectivity index (χ0n) is 11.9. The summed E-state index contributed by atoms with van der Waals surface area (Å²) in [7, 11) is 0. The van der Waals surface area contributed by atoms with Crippen molar-refractivity contribution in [1.82, 2.24) is 10.2 Å². The zero-order valence-corrected chi connectivity index (χ0v) is 11.9. The van der Waals surface area contributed by atoms with Crippen LogP contribution in [-0.2, 0) is 11.2 Å². The molecular formula is C15H16F2N2O2. The number of halogens is 2. The number of aromatic amines is 1. The van der Waals surface area contributed by atoms with E-state index in [0.29, 0.717) is 12.1 Å². The summed E-state index contributed by atoms with van der Waals surface area (Å²) in [6, 6.07) is 3.51. The number of nitrogens with one attached hydrogen (secondary N) is 1. The number of carbonyl (C=O) groups excluding carboxylic acids is 1. The van der Waals surface area contributed by atoms with Gasteiger partial charge in [0.2, 0.25) is 0 Å². The zero-order chi connectivity index (χ0) is 15.4. The average molecular weight is 294 g/mol. The van der Waals surface area contributed by atoms with Crippen LogP contribution in [0.5, 0.6) is 0 Å². The Labute approximate surface area is 121 Å². The molecule has 21 heavy (non-hydrogen) atoms. The molecule has 0 saturated carbocycles. The van der Waals surface area contributed by atoms with Crippen LogP contribution in [0.15, 0.2) is 18.2 Å². The van der Waals surface area contributed by atoms with E-state index in [1.165, 1.54) is 6.07 Å². The van der Waals surface area contributed by atoms with Crippen LogP contribution in [0.25, 0.3) is 11.3 Å². The number of hydrogen-bond donors (Lipinski definition) is 1. The molecule has 0 radical (unpaired) electrons. The minimum absolute atomic E-state index is 0.0486. The summed E-state index contributed by atoms with van der Waals surface area (Å²) < 4.78 is 32.8. The van der Waals surface area contributed by atoms with Gasteiger partial charge in [-0.25, -0.2) is 13.6 Å². The summed E-state index contributed by atoms with van der Waals surface area (Å²) in [6.07, 6.45) is 1.30. The van der Waals surface area contributed by atoms with Crippen molar-refractivity contribution in [3.63, 3.8) is 0 Å². The minimum atomic E-state index is -0.768. The molecule has 0 unspecified atom stereocenters. The lowest BCUT2D eigenvalue weighted by atomic mass is 10.0. The Hall–Kier alpha value is -2.24. The monoisotopic (exact) mass is 294 g/mol. The first kappa shape index (κ1) is 15.2. The normalized spacial score (nSPS) is 10.7. The summed E-state index contributed by atoms with van der Waals surface area (Å²) in [6.45, 7) is 3.77. The lowest BCUT2D eigenvalue weighted by molar-refractivity contribution is 0.0526. The van der Waals surface area contributed by atoms with Gasteiger partial charge in [0.05, 0.1) is 17.9 Å². The number of H-pyrrole nitrogens is 1. The van der Waals surface area contributed by atoms with Gasteiger partial charge in [0.1, 0.15) is 22.9 Å². The maximum Gasteiger partial charge on any atom is 0.342 e. The van der Waals surface area contributed by atoms with E-state index < -0.39 is 17.6 Å². The van der Waals surface area contributed by atoms with Crippen molar-refractivity contribution >= 4 is 5.97 Å². The van der Waals surface area contributed by atoms with E-state index in [1.807, 2.05) is 6.92 Å². The molecule has 1 aromatic carbocycles. The van der Waals surface area contributed by atoms with E-state index in [-0.39, 0.29) is 23.4 Å². The average Bonchev–Trinajstić information content (AvgIpc) is 2.83. The first-order valence-corrected chi connectivity index (χ1v) is 6.78. The van der Waals surface area contributed by atoms with Crippen LogP contribution in [0.3, 0.4) is 0 Å². The van der Waals surface area contributed by atoms with Crippen molar-refractivity contribution < 1.29 is 18.3 Å². The summed E-state index contributed by atoms with van der Waals surface area (Å²) in [5.74, 6) is -2.17. The Morgan fingerprint density at radius 2 is 1.95 bits per heavy atom. The molecule has 0 spiro atoms. The minimum Gasteiger partial charge on any atom is -0.462 e. The van der Waals surface area contributed by atoms with Crippen molar-refractivity contribution in [3.05, 3.63) is 41.1 Å². The molecule has 0 bridgehead atoms. The molecule has 1 aromatic heterocycles. The van der Waals surface area contributed by atoms with E-state index in [1.54, 1.807) is 6.92 Å². The quantitative estimate of drug-likeness (QED) is 0.859. The summed E-state index contributed by atoms with van der Waals surface area (Å²) in [4.78, 5) is 12.1. The van der Waals surface area contributed by atoms with Gasteiger partial charge in [0.25, 0.3) is 0 Å². The van der Waals surface area contributed by atoms with Gasteiger partial charge in [-0.2, -0.15) is 5.10 Å². The Kier molecular flexibility index (Phi) is 4.67. The van der Waals surface area contributed by atoms with Crippen LogP contribution in [0.4, 0.5) is 8.78 Å². The Morgan fingerprint density at radius 3 is 2.52 bits per heavy atom. The van der Waals surface area contributed by atoms with Crippen LogP contribution < -0.4 is 0 Å². The number of aromatic nitrogens is 2. The third-order valence-electron chi connectivity index (χ3n) is 3.02. The van der Waals surface area contributed by atoms with Gasteiger partial charge in [0, 0.05) is 0 Å². The SMILES string of the molecule is CCCc1[nH]nc(-c2c(F)cccc2F)c1C(=O)OCC. The molecule has 4 nitrogen and oxygen atoms in total. The highest BCUT2D eigenvalue weighted by Gasteiger charge is 2.26. The molecule has 0 aliphatic rings. The first-order chi connectivity index (χ1) is 10.1. The molecule has 0 amide bonds. The molecule has 0 aliphatic carbocycles. The van der Waals surface area contributed by atoms with Crippen LogP contribution in [0.2, 0.25) is 0 Å². The van der Waals surface area contributed by atoms with Gasteiger partial charge in [-0.3, -0.25) is 5.10 Å². The standard InChI is InChI=1S/C15H16F2N2O2/c1-3-6-11-13(15(20)21-4-2)14(19-18-11)12-9(16)7-5-8-10(12)17/h5,7-8H,3-4,6H2,1-2H3,(H,18,19). The maximum absolute atomic E-state index is 13.9. The molecule has 0 aliphatic heterocycles. The van der Waals surface area contributed by atoms with Gasteiger partial charge < -0.3 is 4.74 Å². The van der Waals surface area contributed by atoms with Crippen molar-refractivity contribution in [3.8, 4) is 11.3 Å². The van der Waals surface area contributed by atoms with E-state index in [9.17, 15) is 13.6 Å². The topological polar surface area (TPSA) is 55.0 Å². The van der Waals surface area contributed by atoms with E-state index in [0.717, 1.165) is 18.6 Å². The fourth-order valence-corrected chi connectivity index (χ4v) is 2.14. The molecule has 1 heterocycles. The lowest BCUT2D eigenvalue weighted by Crippen LogP contribution is -2.09. The summed E-state index contributed by atoms with van der Waals surface area (Å²) >= 11 is 0. The van der Waals surface area contributed by atoms with E-state index in [2.05, 4.69) is 10.2 Å². The van der Waals surface area contributed by atoms with Crippen LogP contribution in [-0.4, -0.2) is 22.8 Å². The third kappa shape index (κ3) is 2.94. The molecule has 112 valence electrons. The van der Waals surface area contributed by atoms with E-state index in [4.69, 9.17) is 4.74 Å². The van der Waals surface area contributed by atoms with Gasteiger partial charge in [-0.1, -0.05) is 19.4 Å². The number of esters is 1. The van der Waals surface area contributed by atoms with Crippen LogP contribution in [0, 0.1) is 11.6 Å². The molecule has 0 atom stereocenters. The molecular weight excluding hydrogens is 278 g/mol. The molecule has 2 rings (SSSR count). The Morgan fingerprint density at radius 1 is 1.29 bits per heavy atom. The van der Waals surface area contributed by atoms with Crippen LogP contribution >= 0.6 is 0 Å². The Bertz CT molecular complexity index is 633.